The third-order valence-corrected chi connectivity index (χ3v) is 4.08. The van der Waals surface area contributed by atoms with Gasteiger partial charge in [-0.05, 0) is 27.7 Å². The van der Waals surface area contributed by atoms with Crippen LogP contribution in [0.25, 0.3) is 0 Å². The van der Waals surface area contributed by atoms with Crippen molar-refractivity contribution >= 4 is 11.3 Å². The van der Waals surface area contributed by atoms with Gasteiger partial charge in [0, 0.05) is 36.3 Å². The smallest absolute Gasteiger partial charge is 0.0897 e. The van der Waals surface area contributed by atoms with Gasteiger partial charge in [0.25, 0.3) is 0 Å². The molecule has 5 heteroatoms. The minimum Gasteiger partial charge on any atom is -0.304 e. The van der Waals surface area contributed by atoms with Crippen LogP contribution in [-0.2, 0) is 13.6 Å². The third-order valence-electron chi connectivity index (χ3n) is 3.25. The molecule has 0 bridgehead atoms. The van der Waals surface area contributed by atoms with Crippen LogP contribution < -0.4 is 5.32 Å². The molecule has 1 atom stereocenters. The minimum atomic E-state index is 0.292. The second-order valence-corrected chi connectivity index (χ2v) is 5.73. The number of thiazole rings is 1. The van der Waals surface area contributed by atoms with E-state index in [1.54, 1.807) is 11.3 Å². The maximum atomic E-state index is 4.46. The van der Waals surface area contributed by atoms with Crippen molar-refractivity contribution in [2.24, 2.45) is 7.05 Å². The molecule has 0 spiro atoms. The van der Waals surface area contributed by atoms with Gasteiger partial charge >= 0.3 is 0 Å². The summed E-state index contributed by atoms with van der Waals surface area (Å²) in [6.45, 7) is 9.19. The van der Waals surface area contributed by atoms with E-state index in [1.807, 2.05) is 18.7 Å². The van der Waals surface area contributed by atoms with Gasteiger partial charge in [-0.1, -0.05) is 0 Å². The molecule has 0 saturated heterocycles. The summed E-state index contributed by atoms with van der Waals surface area (Å²) in [7, 11) is 1.99. The Hall–Kier alpha value is -1.20. The Morgan fingerprint density at radius 3 is 2.61 bits per heavy atom. The number of rotatable bonds is 4. The number of aryl methyl sites for hydroxylation is 3. The highest BCUT2D eigenvalue weighted by molar-refractivity contribution is 7.09. The lowest BCUT2D eigenvalue weighted by molar-refractivity contribution is 0.563. The third kappa shape index (κ3) is 2.62. The van der Waals surface area contributed by atoms with Crippen molar-refractivity contribution < 1.29 is 0 Å². The van der Waals surface area contributed by atoms with Crippen LogP contribution in [0.3, 0.4) is 0 Å². The van der Waals surface area contributed by atoms with Crippen LogP contribution in [0.15, 0.2) is 5.38 Å². The van der Waals surface area contributed by atoms with E-state index in [1.165, 1.54) is 11.3 Å². The first-order chi connectivity index (χ1) is 8.49. The van der Waals surface area contributed by atoms with Gasteiger partial charge in [0.15, 0.2) is 0 Å². The lowest BCUT2D eigenvalue weighted by atomic mass is 10.1. The molecule has 0 aliphatic carbocycles. The van der Waals surface area contributed by atoms with E-state index in [4.69, 9.17) is 0 Å². The molecule has 1 N–H and O–H groups in total. The van der Waals surface area contributed by atoms with Gasteiger partial charge < -0.3 is 5.32 Å². The molecule has 0 radical (unpaired) electrons. The number of nitrogens with zero attached hydrogens (tertiary/aromatic N) is 3. The fourth-order valence-corrected chi connectivity index (χ4v) is 2.88. The SMILES string of the molecule is Cc1nc(CNC(C)c2c(C)nn(C)c2C)cs1. The predicted octanol–water partition coefficient (Wildman–Crippen LogP) is 2.65. The molecule has 0 saturated carbocycles. The lowest BCUT2D eigenvalue weighted by Gasteiger charge is -2.13. The van der Waals surface area contributed by atoms with Crippen LogP contribution in [-0.4, -0.2) is 14.8 Å². The molecule has 2 aromatic rings. The van der Waals surface area contributed by atoms with Crippen LogP contribution >= 0.6 is 11.3 Å². The molecule has 18 heavy (non-hydrogen) atoms. The molecule has 0 aromatic carbocycles. The van der Waals surface area contributed by atoms with Crippen LogP contribution in [0.1, 0.15) is 40.6 Å². The molecule has 0 fully saturated rings. The Kier molecular flexibility index (Phi) is 3.82. The highest BCUT2D eigenvalue weighted by Gasteiger charge is 2.15. The predicted molar refractivity (Wildman–Crippen MR) is 74.8 cm³/mol. The van der Waals surface area contributed by atoms with Gasteiger partial charge in [-0.2, -0.15) is 5.10 Å². The average Bonchev–Trinajstić information content (AvgIpc) is 2.82. The quantitative estimate of drug-likeness (QED) is 0.923. The Morgan fingerprint density at radius 1 is 1.39 bits per heavy atom. The van der Waals surface area contributed by atoms with E-state index in [-0.39, 0.29) is 0 Å². The summed E-state index contributed by atoms with van der Waals surface area (Å²) >= 11 is 1.69. The van der Waals surface area contributed by atoms with E-state index in [0.29, 0.717) is 6.04 Å². The minimum absolute atomic E-state index is 0.292. The van der Waals surface area contributed by atoms with Gasteiger partial charge in [0.05, 0.1) is 16.4 Å². The Balaban J connectivity index is 2.05. The summed E-state index contributed by atoms with van der Waals surface area (Å²) < 4.78 is 1.94. The summed E-state index contributed by atoms with van der Waals surface area (Å²) in [5, 5.41) is 11.2. The highest BCUT2D eigenvalue weighted by Crippen LogP contribution is 2.21. The molecule has 0 aliphatic heterocycles. The summed E-state index contributed by atoms with van der Waals surface area (Å²) in [6, 6.07) is 0.292. The molecular formula is C13H20N4S. The van der Waals surface area contributed by atoms with Gasteiger partial charge in [-0.25, -0.2) is 4.98 Å². The van der Waals surface area contributed by atoms with Crippen molar-refractivity contribution in [3.8, 4) is 0 Å². The van der Waals surface area contributed by atoms with Crippen molar-refractivity contribution in [2.45, 2.75) is 40.3 Å². The standard InChI is InChI=1S/C13H20N4S/c1-8(13-9(2)16-17(5)10(13)3)14-6-12-7-18-11(4)15-12/h7-8,14H,6H2,1-5H3. The van der Waals surface area contributed by atoms with E-state index in [9.17, 15) is 0 Å². The molecular weight excluding hydrogens is 244 g/mol. The monoisotopic (exact) mass is 264 g/mol. The Bertz CT molecular complexity index is 541. The topological polar surface area (TPSA) is 42.7 Å². The molecule has 2 aromatic heterocycles. The number of nitrogens with one attached hydrogen (secondary N) is 1. The first kappa shape index (κ1) is 13.2. The normalized spacial score (nSPS) is 12.9. The van der Waals surface area contributed by atoms with Gasteiger partial charge in [-0.3, -0.25) is 4.68 Å². The summed E-state index contributed by atoms with van der Waals surface area (Å²) in [5.41, 5.74) is 4.74. The summed E-state index contributed by atoms with van der Waals surface area (Å²) in [4.78, 5) is 4.46. The molecule has 2 heterocycles. The van der Waals surface area contributed by atoms with E-state index in [0.717, 1.165) is 22.9 Å². The van der Waals surface area contributed by atoms with Crippen molar-refractivity contribution in [3.05, 3.63) is 33.0 Å². The second-order valence-electron chi connectivity index (χ2n) is 4.67. The first-order valence-electron chi connectivity index (χ1n) is 6.13. The lowest BCUT2D eigenvalue weighted by Crippen LogP contribution is -2.19. The van der Waals surface area contributed by atoms with Gasteiger partial charge in [0.2, 0.25) is 0 Å². The molecule has 2 rings (SSSR count). The fraction of sp³-hybridized carbons (Fsp3) is 0.538. The number of hydrogen-bond acceptors (Lipinski definition) is 4. The highest BCUT2D eigenvalue weighted by atomic mass is 32.1. The number of aromatic nitrogens is 3. The average molecular weight is 264 g/mol. The molecule has 0 amide bonds. The first-order valence-corrected chi connectivity index (χ1v) is 7.01. The zero-order chi connectivity index (χ0) is 13.3. The fourth-order valence-electron chi connectivity index (χ4n) is 2.27. The summed E-state index contributed by atoms with van der Waals surface area (Å²) in [6.07, 6.45) is 0. The zero-order valence-electron chi connectivity index (χ0n) is 11.6. The Labute approximate surface area is 112 Å². The number of hydrogen-bond donors (Lipinski definition) is 1. The van der Waals surface area contributed by atoms with Crippen molar-refractivity contribution in [3.63, 3.8) is 0 Å². The van der Waals surface area contributed by atoms with Gasteiger partial charge in [0.1, 0.15) is 0 Å². The van der Waals surface area contributed by atoms with Crippen LogP contribution in [0, 0.1) is 20.8 Å². The largest absolute Gasteiger partial charge is 0.304 e. The molecule has 98 valence electrons. The maximum absolute atomic E-state index is 4.46. The van der Waals surface area contributed by atoms with Crippen molar-refractivity contribution in [1.29, 1.82) is 0 Å². The van der Waals surface area contributed by atoms with Crippen LogP contribution in [0.2, 0.25) is 0 Å². The zero-order valence-corrected chi connectivity index (χ0v) is 12.4. The van der Waals surface area contributed by atoms with E-state index in [2.05, 4.69) is 41.6 Å². The molecule has 4 nitrogen and oxygen atoms in total. The van der Waals surface area contributed by atoms with E-state index < -0.39 is 0 Å². The Morgan fingerprint density at radius 2 is 2.11 bits per heavy atom. The second kappa shape index (κ2) is 5.20. The van der Waals surface area contributed by atoms with Crippen molar-refractivity contribution in [1.82, 2.24) is 20.1 Å². The van der Waals surface area contributed by atoms with Crippen LogP contribution in [0.5, 0.6) is 0 Å². The summed E-state index contributed by atoms with van der Waals surface area (Å²) in [5.74, 6) is 0. The van der Waals surface area contributed by atoms with Crippen molar-refractivity contribution in [2.75, 3.05) is 0 Å². The van der Waals surface area contributed by atoms with Crippen LogP contribution in [0.4, 0.5) is 0 Å². The van der Waals surface area contributed by atoms with Gasteiger partial charge in [-0.15, -0.1) is 11.3 Å². The van der Waals surface area contributed by atoms with E-state index >= 15 is 0 Å². The maximum Gasteiger partial charge on any atom is 0.0897 e. The molecule has 1 unspecified atom stereocenters. The molecule has 0 aliphatic rings.